The number of aromatic nitrogens is 1. The van der Waals surface area contributed by atoms with Gasteiger partial charge in [0.15, 0.2) is 0 Å². The molecule has 1 amide bonds. The summed E-state index contributed by atoms with van der Waals surface area (Å²) in [5.41, 5.74) is 2.80. The fourth-order valence-electron chi connectivity index (χ4n) is 2.82. The molecule has 2 rings (SSSR count). The highest BCUT2D eigenvalue weighted by Crippen LogP contribution is 2.18. The SMILES string of the molecule is CC(C)CC(C(=O)O)N(CCc1ccc(-c2ccccn2)cc1)C(=O)O. The van der Waals surface area contributed by atoms with Gasteiger partial charge in [-0.2, -0.15) is 0 Å². The second kappa shape index (κ2) is 8.99. The summed E-state index contributed by atoms with van der Waals surface area (Å²) in [6, 6.07) is 12.4. The Kier molecular flexibility index (Phi) is 6.72. The van der Waals surface area contributed by atoms with Gasteiger partial charge in [0, 0.05) is 18.3 Å². The summed E-state index contributed by atoms with van der Waals surface area (Å²) < 4.78 is 0. The predicted molar refractivity (Wildman–Crippen MR) is 99.0 cm³/mol. The molecule has 0 saturated heterocycles. The number of pyridine rings is 1. The third-order valence-electron chi connectivity index (χ3n) is 4.16. The van der Waals surface area contributed by atoms with E-state index in [4.69, 9.17) is 0 Å². The van der Waals surface area contributed by atoms with Crippen molar-refractivity contribution in [2.24, 2.45) is 5.92 Å². The smallest absolute Gasteiger partial charge is 0.408 e. The molecule has 1 atom stereocenters. The van der Waals surface area contributed by atoms with E-state index < -0.39 is 18.1 Å². The average molecular weight is 356 g/mol. The number of aliphatic carboxylic acids is 1. The minimum Gasteiger partial charge on any atom is -0.480 e. The zero-order valence-electron chi connectivity index (χ0n) is 15.0. The molecule has 1 aromatic heterocycles. The first-order valence-electron chi connectivity index (χ1n) is 8.61. The van der Waals surface area contributed by atoms with Gasteiger partial charge in [-0.25, -0.2) is 9.59 Å². The zero-order valence-corrected chi connectivity index (χ0v) is 15.0. The van der Waals surface area contributed by atoms with Gasteiger partial charge < -0.3 is 10.2 Å². The average Bonchev–Trinajstić information content (AvgIpc) is 2.61. The van der Waals surface area contributed by atoms with Gasteiger partial charge in [-0.3, -0.25) is 9.88 Å². The molecule has 1 aromatic carbocycles. The summed E-state index contributed by atoms with van der Waals surface area (Å²) in [4.78, 5) is 28.3. The van der Waals surface area contributed by atoms with Gasteiger partial charge in [0.05, 0.1) is 5.69 Å². The van der Waals surface area contributed by atoms with Crippen molar-refractivity contribution in [3.05, 3.63) is 54.2 Å². The molecule has 26 heavy (non-hydrogen) atoms. The van der Waals surface area contributed by atoms with E-state index in [2.05, 4.69) is 4.98 Å². The van der Waals surface area contributed by atoms with Gasteiger partial charge in [-0.05, 0) is 36.5 Å². The molecular weight excluding hydrogens is 332 g/mol. The molecule has 0 aliphatic carbocycles. The first kappa shape index (κ1) is 19.4. The number of hydrogen-bond donors (Lipinski definition) is 2. The van der Waals surface area contributed by atoms with Crippen LogP contribution >= 0.6 is 0 Å². The van der Waals surface area contributed by atoms with E-state index in [-0.39, 0.29) is 12.5 Å². The normalized spacial score (nSPS) is 12.0. The molecular formula is C20H24N2O4. The second-order valence-corrected chi connectivity index (χ2v) is 6.62. The van der Waals surface area contributed by atoms with Gasteiger partial charge in [0.25, 0.3) is 0 Å². The Hall–Kier alpha value is -2.89. The van der Waals surface area contributed by atoms with E-state index in [0.29, 0.717) is 12.8 Å². The highest BCUT2D eigenvalue weighted by molar-refractivity contribution is 5.79. The lowest BCUT2D eigenvalue weighted by Crippen LogP contribution is -2.46. The lowest BCUT2D eigenvalue weighted by molar-refractivity contribution is -0.143. The van der Waals surface area contributed by atoms with Crippen LogP contribution in [0.1, 0.15) is 25.8 Å². The third kappa shape index (κ3) is 5.31. The topological polar surface area (TPSA) is 90.7 Å². The molecule has 1 unspecified atom stereocenters. The fourth-order valence-corrected chi connectivity index (χ4v) is 2.82. The summed E-state index contributed by atoms with van der Waals surface area (Å²) in [6.45, 7) is 3.90. The number of carboxylic acid groups (broad SMARTS) is 2. The maximum absolute atomic E-state index is 11.5. The van der Waals surface area contributed by atoms with Crippen molar-refractivity contribution in [1.82, 2.24) is 9.88 Å². The van der Waals surface area contributed by atoms with Crippen molar-refractivity contribution in [3.63, 3.8) is 0 Å². The van der Waals surface area contributed by atoms with Crippen molar-refractivity contribution in [3.8, 4) is 11.3 Å². The third-order valence-corrected chi connectivity index (χ3v) is 4.16. The Morgan fingerprint density at radius 2 is 1.77 bits per heavy atom. The van der Waals surface area contributed by atoms with E-state index in [1.165, 1.54) is 0 Å². The summed E-state index contributed by atoms with van der Waals surface area (Å²) in [5.74, 6) is -1.01. The summed E-state index contributed by atoms with van der Waals surface area (Å²) in [6.07, 6.45) is 1.27. The van der Waals surface area contributed by atoms with Crippen LogP contribution in [-0.2, 0) is 11.2 Å². The van der Waals surface area contributed by atoms with Crippen molar-refractivity contribution >= 4 is 12.1 Å². The Balaban J connectivity index is 2.06. The van der Waals surface area contributed by atoms with Crippen molar-refractivity contribution in [1.29, 1.82) is 0 Å². The number of amides is 1. The Bertz CT molecular complexity index is 729. The van der Waals surface area contributed by atoms with E-state index in [1.54, 1.807) is 6.20 Å². The fraction of sp³-hybridized carbons (Fsp3) is 0.350. The van der Waals surface area contributed by atoms with Crippen LogP contribution in [0.15, 0.2) is 48.7 Å². The van der Waals surface area contributed by atoms with Crippen molar-refractivity contribution < 1.29 is 19.8 Å². The molecule has 0 saturated carbocycles. The maximum atomic E-state index is 11.5. The number of hydrogen-bond acceptors (Lipinski definition) is 3. The van der Waals surface area contributed by atoms with Crippen LogP contribution in [0.4, 0.5) is 4.79 Å². The molecule has 1 heterocycles. The van der Waals surface area contributed by atoms with Crippen LogP contribution in [-0.4, -0.2) is 44.7 Å². The lowest BCUT2D eigenvalue weighted by Gasteiger charge is -2.27. The van der Waals surface area contributed by atoms with Gasteiger partial charge in [0.1, 0.15) is 6.04 Å². The lowest BCUT2D eigenvalue weighted by atomic mass is 10.0. The van der Waals surface area contributed by atoms with Gasteiger partial charge in [0.2, 0.25) is 0 Å². The van der Waals surface area contributed by atoms with Crippen LogP contribution < -0.4 is 0 Å². The predicted octanol–water partition coefficient (Wildman–Crippen LogP) is 3.77. The Morgan fingerprint density at radius 3 is 2.27 bits per heavy atom. The van der Waals surface area contributed by atoms with Gasteiger partial charge in [-0.15, -0.1) is 0 Å². The monoisotopic (exact) mass is 356 g/mol. The number of carboxylic acids is 1. The van der Waals surface area contributed by atoms with Gasteiger partial charge >= 0.3 is 12.1 Å². The van der Waals surface area contributed by atoms with Crippen LogP contribution in [0.25, 0.3) is 11.3 Å². The quantitative estimate of drug-likeness (QED) is 0.751. The molecule has 0 aliphatic rings. The van der Waals surface area contributed by atoms with Crippen LogP contribution in [0.3, 0.4) is 0 Å². The highest BCUT2D eigenvalue weighted by atomic mass is 16.4. The molecule has 0 spiro atoms. The summed E-state index contributed by atoms with van der Waals surface area (Å²) >= 11 is 0. The Morgan fingerprint density at radius 1 is 1.08 bits per heavy atom. The minimum atomic E-state index is -1.21. The molecule has 6 nitrogen and oxygen atoms in total. The maximum Gasteiger partial charge on any atom is 0.408 e. The van der Waals surface area contributed by atoms with E-state index in [0.717, 1.165) is 21.7 Å². The zero-order chi connectivity index (χ0) is 19.1. The minimum absolute atomic E-state index is 0.0932. The van der Waals surface area contributed by atoms with Crippen molar-refractivity contribution in [2.75, 3.05) is 6.54 Å². The molecule has 0 bridgehead atoms. The standard InChI is InChI=1S/C20H24N2O4/c1-14(2)13-18(19(23)24)22(20(25)26)12-10-15-6-8-16(9-7-15)17-5-3-4-11-21-17/h3-9,11,14,18H,10,12-13H2,1-2H3,(H,23,24)(H,25,26). The highest BCUT2D eigenvalue weighted by Gasteiger charge is 2.29. The largest absolute Gasteiger partial charge is 0.480 e. The van der Waals surface area contributed by atoms with Crippen molar-refractivity contribution in [2.45, 2.75) is 32.7 Å². The molecule has 0 aliphatic heterocycles. The molecule has 138 valence electrons. The van der Waals surface area contributed by atoms with Crippen LogP contribution in [0.2, 0.25) is 0 Å². The van der Waals surface area contributed by atoms with E-state index >= 15 is 0 Å². The molecule has 2 N–H and O–H groups in total. The van der Waals surface area contributed by atoms with Gasteiger partial charge in [-0.1, -0.05) is 44.2 Å². The number of benzene rings is 1. The number of nitrogens with zero attached hydrogens (tertiary/aromatic N) is 2. The summed E-state index contributed by atoms with van der Waals surface area (Å²) in [7, 11) is 0. The molecule has 2 aromatic rings. The summed E-state index contributed by atoms with van der Waals surface area (Å²) in [5, 5.41) is 18.8. The molecule has 0 radical (unpaired) electrons. The number of rotatable bonds is 8. The van der Waals surface area contributed by atoms with E-state index in [9.17, 15) is 19.8 Å². The Labute approximate surface area is 153 Å². The molecule has 6 heteroatoms. The first-order valence-corrected chi connectivity index (χ1v) is 8.61. The number of carbonyl (C=O) groups is 2. The second-order valence-electron chi connectivity index (χ2n) is 6.62. The molecule has 0 fully saturated rings. The first-order chi connectivity index (χ1) is 12.4. The van der Waals surface area contributed by atoms with Crippen LogP contribution in [0.5, 0.6) is 0 Å². The van der Waals surface area contributed by atoms with E-state index in [1.807, 2.05) is 56.3 Å². The van der Waals surface area contributed by atoms with Crippen LogP contribution in [0, 0.1) is 5.92 Å².